The Morgan fingerprint density at radius 1 is 1.00 bits per heavy atom. The molecule has 0 bridgehead atoms. The molecule has 4 rings (SSSR count). The number of rotatable bonds is 5. The van der Waals surface area contributed by atoms with Crippen LogP contribution in [-0.4, -0.2) is 44.4 Å². The molecular formula is C21H18Cl3FN4OS. The van der Waals surface area contributed by atoms with Gasteiger partial charge in [-0.05, 0) is 55.7 Å². The van der Waals surface area contributed by atoms with E-state index in [0.29, 0.717) is 32.3 Å². The Morgan fingerprint density at radius 2 is 1.77 bits per heavy atom. The largest absolute Gasteiger partial charge is 0.342 e. The van der Waals surface area contributed by atoms with E-state index >= 15 is 0 Å². The van der Waals surface area contributed by atoms with Crippen LogP contribution < -0.4 is 0 Å². The summed E-state index contributed by atoms with van der Waals surface area (Å²) in [4.78, 5) is 14.5. The maximum atomic E-state index is 13.8. The number of aromatic nitrogens is 3. The van der Waals surface area contributed by atoms with Gasteiger partial charge in [-0.15, -0.1) is 10.2 Å². The molecule has 1 aliphatic rings. The molecule has 162 valence electrons. The lowest BCUT2D eigenvalue weighted by Gasteiger charge is -2.26. The van der Waals surface area contributed by atoms with Crippen molar-refractivity contribution in [3.63, 3.8) is 0 Å². The Bertz CT molecular complexity index is 1120. The molecule has 1 saturated heterocycles. The molecule has 3 aromatic rings. The van der Waals surface area contributed by atoms with Gasteiger partial charge in [0.05, 0.1) is 21.5 Å². The van der Waals surface area contributed by atoms with E-state index in [1.54, 1.807) is 28.8 Å². The second-order valence-corrected chi connectivity index (χ2v) is 9.29. The van der Waals surface area contributed by atoms with E-state index in [1.165, 1.54) is 23.9 Å². The number of carbonyl (C=O) groups excluding carboxylic acids is 1. The first-order valence-electron chi connectivity index (χ1n) is 9.71. The first-order valence-corrected chi connectivity index (χ1v) is 11.8. The Hall–Kier alpha value is -1.80. The average Bonchev–Trinajstić information content (AvgIpc) is 3.18. The molecule has 1 aromatic heterocycles. The molecule has 0 aliphatic carbocycles. The van der Waals surface area contributed by atoms with E-state index in [2.05, 4.69) is 10.2 Å². The van der Waals surface area contributed by atoms with Gasteiger partial charge in [-0.3, -0.25) is 9.36 Å². The van der Waals surface area contributed by atoms with Gasteiger partial charge in [0.1, 0.15) is 5.82 Å². The minimum absolute atomic E-state index is 0.0281. The lowest BCUT2D eigenvalue weighted by Crippen LogP contribution is -2.36. The Balaban J connectivity index is 1.70. The lowest BCUT2D eigenvalue weighted by atomic mass is 10.1. The second kappa shape index (κ2) is 9.77. The first-order chi connectivity index (χ1) is 14.9. The fraction of sp³-hybridized carbons (Fsp3) is 0.286. The summed E-state index contributed by atoms with van der Waals surface area (Å²) in [6, 6.07) is 9.40. The molecule has 1 amide bonds. The molecule has 1 aliphatic heterocycles. The quantitative estimate of drug-likeness (QED) is 0.396. The fourth-order valence-corrected chi connectivity index (χ4v) is 4.95. The summed E-state index contributed by atoms with van der Waals surface area (Å²) in [6.07, 6.45) is 3.21. The summed E-state index contributed by atoms with van der Waals surface area (Å²) in [5, 5.41) is 9.92. The predicted molar refractivity (Wildman–Crippen MR) is 123 cm³/mol. The predicted octanol–water partition coefficient (Wildman–Crippen LogP) is 6.14. The monoisotopic (exact) mass is 498 g/mol. The van der Waals surface area contributed by atoms with Gasteiger partial charge in [0, 0.05) is 23.7 Å². The minimum atomic E-state index is -0.529. The van der Waals surface area contributed by atoms with E-state index < -0.39 is 5.82 Å². The van der Waals surface area contributed by atoms with Crippen LogP contribution in [0.2, 0.25) is 15.1 Å². The van der Waals surface area contributed by atoms with Gasteiger partial charge in [0.15, 0.2) is 11.0 Å². The van der Waals surface area contributed by atoms with Crippen molar-refractivity contribution in [3.05, 3.63) is 57.3 Å². The van der Waals surface area contributed by atoms with Gasteiger partial charge in [0.2, 0.25) is 5.91 Å². The topological polar surface area (TPSA) is 51.0 Å². The number of benzene rings is 2. The number of hydrogen-bond acceptors (Lipinski definition) is 4. The molecule has 10 heteroatoms. The number of nitrogens with zero attached hydrogens (tertiary/aromatic N) is 4. The summed E-state index contributed by atoms with van der Waals surface area (Å²) in [6.45, 7) is 1.57. The minimum Gasteiger partial charge on any atom is -0.342 e. The number of piperidine rings is 1. The Morgan fingerprint density at radius 3 is 2.48 bits per heavy atom. The van der Waals surface area contributed by atoms with Gasteiger partial charge in [-0.1, -0.05) is 46.6 Å². The Kier molecular flexibility index (Phi) is 7.06. The van der Waals surface area contributed by atoms with Crippen LogP contribution in [0.4, 0.5) is 4.39 Å². The normalized spacial score (nSPS) is 14.1. The van der Waals surface area contributed by atoms with Gasteiger partial charge < -0.3 is 4.90 Å². The number of carbonyl (C=O) groups is 1. The van der Waals surface area contributed by atoms with Gasteiger partial charge in [0.25, 0.3) is 0 Å². The number of hydrogen-bond donors (Lipinski definition) is 0. The molecule has 0 saturated carbocycles. The van der Waals surface area contributed by atoms with Crippen molar-refractivity contribution in [1.82, 2.24) is 19.7 Å². The first kappa shape index (κ1) is 22.4. The Labute approximate surface area is 198 Å². The van der Waals surface area contributed by atoms with E-state index in [0.717, 1.165) is 32.4 Å². The molecular weight excluding hydrogens is 482 g/mol. The van der Waals surface area contributed by atoms with Crippen molar-refractivity contribution in [3.8, 4) is 17.1 Å². The fourth-order valence-electron chi connectivity index (χ4n) is 3.43. The van der Waals surface area contributed by atoms with Crippen LogP contribution in [0.15, 0.2) is 41.6 Å². The number of amides is 1. The van der Waals surface area contributed by atoms with Crippen molar-refractivity contribution in [1.29, 1.82) is 0 Å². The van der Waals surface area contributed by atoms with E-state index in [9.17, 15) is 9.18 Å². The van der Waals surface area contributed by atoms with Crippen LogP contribution in [0.1, 0.15) is 19.3 Å². The lowest BCUT2D eigenvalue weighted by molar-refractivity contribution is -0.129. The molecule has 0 radical (unpaired) electrons. The summed E-state index contributed by atoms with van der Waals surface area (Å²) >= 11 is 19.7. The molecule has 2 aromatic carbocycles. The zero-order valence-corrected chi connectivity index (χ0v) is 19.4. The van der Waals surface area contributed by atoms with Crippen LogP contribution in [0.5, 0.6) is 0 Å². The van der Waals surface area contributed by atoms with Crippen LogP contribution >= 0.6 is 46.6 Å². The number of thioether (sulfide) groups is 1. The van der Waals surface area contributed by atoms with Crippen molar-refractivity contribution in [2.24, 2.45) is 0 Å². The van der Waals surface area contributed by atoms with Crippen LogP contribution in [0.25, 0.3) is 17.1 Å². The van der Waals surface area contributed by atoms with Crippen molar-refractivity contribution < 1.29 is 9.18 Å². The zero-order chi connectivity index (χ0) is 22.0. The molecule has 0 atom stereocenters. The highest BCUT2D eigenvalue weighted by molar-refractivity contribution is 7.99. The maximum absolute atomic E-state index is 13.8. The molecule has 1 fully saturated rings. The standard InChI is InChI=1S/C21H18Cl3FN4OS/c22-13-4-6-15(16(23)10-13)20-26-27-21(29(20)14-5-7-18(25)17(24)11-14)31-12-19(30)28-8-2-1-3-9-28/h4-7,10-11H,1-3,8-9,12H2. The third-order valence-corrected chi connectivity index (χ3v) is 6.75. The van der Waals surface area contributed by atoms with Crippen LogP contribution in [0.3, 0.4) is 0 Å². The van der Waals surface area contributed by atoms with Gasteiger partial charge in [-0.2, -0.15) is 0 Å². The van der Waals surface area contributed by atoms with E-state index in [-0.39, 0.29) is 16.7 Å². The summed E-state index contributed by atoms with van der Waals surface area (Å²) < 4.78 is 15.5. The summed E-state index contributed by atoms with van der Waals surface area (Å²) in [5.74, 6) is 0.195. The van der Waals surface area contributed by atoms with Crippen molar-refractivity contribution >= 4 is 52.5 Å². The molecule has 31 heavy (non-hydrogen) atoms. The third kappa shape index (κ3) is 5.00. The summed E-state index contributed by atoms with van der Waals surface area (Å²) in [7, 11) is 0. The molecule has 0 spiro atoms. The highest BCUT2D eigenvalue weighted by Crippen LogP contribution is 2.34. The highest BCUT2D eigenvalue weighted by Gasteiger charge is 2.22. The van der Waals surface area contributed by atoms with E-state index in [1.807, 2.05) is 4.90 Å². The second-order valence-electron chi connectivity index (χ2n) is 7.09. The van der Waals surface area contributed by atoms with E-state index in [4.69, 9.17) is 34.8 Å². The van der Waals surface area contributed by atoms with Gasteiger partial charge >= 0.3 is 0 Å². The smallest absolute Gasteiger partial charge is 0.233 e. The highest BCUT2D eigenvalue weighted by atomic mass is 35.5. The molecule has 0 N–H and O–H groups in total. The van der Waals surface area contributed by atoms with Gasteiger partial charge in [-0.25, -0.2) is 4.39 Å². The number of halogens is 4. The molecule has 5 nitrogen and oxygen atoms in total. The molecule has 0 unspecified atom stereocenters. The average molecular weight is 500 g/mol. The van der Waals surface area contributed by atoms with Crippen molar-refractivity contribution in [2.45, 2.75) is 24.4 Å². The van der Waals surface area contributed by atoms with Crippen LogP contribution in [-0.2, 0) is 4.79 Å². The maximum Gasteiger partial charge on any atom is 0.233 e. The zero-order valence-electron chi connectivity index (χ0n) is 16.3. The van der Waals surface area contributed by atoms with Crippen LogP contribution in [0, 0.1) is 5.82 Å². The summed E-state index contributed by atoms with van der Waals surface area (Å²) in [5.41, 5.74) is 1.17. The third-order valence-electron chi connectivity index (χ3n) is 5.00. The SMILES string of the molecule is O=C(CSc1nnc(-c2ccc(Cl)cc2Cl)n1-c1ccc(F)c(Cl)c1)N1CCCCC1. The molecule has 2 heterocycles. The van der Waals surface area contributed by atoms with Crippen molar-refractivity contribution in [2.75, 3.05) is 18.8 Å². The number of likely N-dealkylation sites (tertiary alicyclic amines) is 1.